The van der Waals surface area contributed by atoms with Gasteiger partial charge in [-0.25, -0.2) is 4.79 Å². The number of rotatable bonds is 7. The van der Waals surface area contributed by atoms with Gasteiger partial charge in [0.1, 0.15) is 0 Å². The maximum Gasteiger partial charge on any atom is 0.315 e. The molecule has 1 rings (SSSR count). The Hall–Kier alpha value is -1.26. The number of hydrogen-bond acceptors (Lipinski definition) is 2. The van der Waals surface area contributed by atoms with Crippen LogP contribution in [0.5, 0.6) is 0 Å². The van der Waals surface area contributed by atoms with Gasteiger partial charge in [0, 0.05) is 12.6 Å². The van der Waals surface area contributed by atoms with E-state index in [4.69, 9.17) is 0 Å². The predicted molar refractivity (Wildman–Crippen MR) is 74.1 cm³/mol. The minimum Gasteiger partial charge on any atom is -0.481 e. The fourth-order valence-corrected chi connectivity index (χ4v) is 2.62. The van der Waals surface area contributed by atoms with Crippen molar-refractivity contribution < 1.29 is 14.7 Å². The van der Waals surface area contributed by atoms with Gasteiger partial charge < -0.3 is 15.7 Å². The molecule has 0 aromatic heterocycles. The van der Waals surface area contributed by atoms with Crippen LogP contribution in [-0.4, -0.2) is 29.7 Å². The Morgan fingerprint density at radius 1 is 1.32 bits per heavy atom. The Kier molecular flexibility index (Phi) is 6.12. The fourth-order valence-electron chi connectivity index (χ4n) is 2.62. The molecule has 1 saturated carbocycles. The highest BCUT2D eigenvalue weighted by molar-refractivity contribution is 5.79. The molecule has 19 heavy (non-hydrogen) atoms. The Morgan fingerprint density at radius 3 is 2.68 bits per heavy atom. The summed E-state index contributed by atoms with van der Waals surface area (Å²) in [5.74, 6) is -0.821. The van der Waals surface area contributed by atoms with Gasteiger partial charge in [-0.1, -0.05) is 32.6 Å². The minimum atomic E-state index is -0.821. The number of urea groups is 1. The second kappa shape index (κ2) is 7.36. The molecule has 0 heterocycles. The molecule has 0 aliphatic heterocycles. The zero-order valence-corrected chi connectivity index (χ0v) is 12.0. The Morgan fingerprint density at radius 2 is 2.05 bits per heavy atom. The van der Waals surface area contributed by atoms with Crippen molar-refractivity contribution in [1.29, 1.82) is 0 Å². The van der Waals surface area contributed by atoms with Crippen molar-refractivity contribution in [3.63, 3.8) is 0 Å². The maximum absolute atomic E-state index is 11.7. The van der Waals surface area contributed by atoms with E-state index < -0.39 is 11.4 Å². The molecule has 1 fully saturated rings. The van der Waals surface area contributed by atoms with E-state index in [9.17, 15) is 14.7 Å². The number of carboxylic acid groups (broad SMARTS) is 1. The molecule has 0 bridgehead atoms. The minimum absolute atomic E-state index is 0.240. The van der Waals surface area contributed by atoms with Crippen LogP contribution in [0.15, 0.2) is 0 Å². The lowest BCUT2D eigenvalue weighted by molar-refractivity contribution is -0.148. The number of nitrogens with one attached hydrogen (secondary N) is 2. The predicted octanol–water partition coefficient (Wildman–Crippen LogP) is 2.51. The zero-order valence-electron chi connectivity index (χ0n) is 12.0. The highest BCUT2D eigenvalue weighted by Crippen LogP contribution is 2.38. The van der Waals surface area contributed by atoms with Crippen molar-refractivity contribution in [2.75, 3.05) is 6.54 Å². The zero-order chi connectivity index (χ0) is 14.3. The van der Waals surface area contributed by atoms with Crippen molar-refractivity contribution in [2.45, 2.75) is 64.8 Å². The Bertz CT molecular complexity index is 320. The van der Waals surface area contributed by atoms with E-state index in [0.29, 0.717) is 13.0 Å². The smallest absolute Gasteiger partial charge is 0.315 e. The van der Waals surface area contributed by atoms with E-state index in [2.05, 4.69) is 17.6 Å². The third-order valence-electron chi connectivity index (χ3n) is 4.07. The first-order valence-corrected chi connectivity index (χ1v) is 7.28. The van der Waals surface area contributed by atoms with Gasteiger partial charge in [-0.3, -0.25) is 4.79 Å². The van der Waals surface area contributed by atoms with Crippen LogP contribution in [0.2, 0.25) is 0 Å². The summed E-state index contributed by atoms with van der Waals surface area (Å²) in [4.78, 5) is 23.0. The number of amides is 2. The number of hydrogen-bond donors (Lipinski definition) is 3. The molecule has 3 N–H and O–H groups in total. The van der Waals surface area contributed by atoms with Crippen molar-refractivity contribution in [3.05, 3.63) is 0 Å². The van der Waals surface area contributed by atoms with Gasteiger partial charge in [0.15, 0.2) is 0 Å². The van der Waals surface area contributed by atoms with Gasteiger partial charge in [0.2, 0.25) is 0 Å². The summed E-state index contributed by atoms with van der Waals surface area (Å²) in [6.45, 7) is 4.52. The van der Waals surface area contributed by atoms with Gasteiger partial charge in [-0.2, -0.15) is 0 Å². The summed E-state index contributed by atoms with van der Waals surface area (Å²) < 4.78 is 0. The lowest BCUT2D eigenvalue weighted by Crippen LogP contribution is -2.50. The molecule has 0 saturated heterocycles. The lowest BCUT2D eigenvalue weighted by atomic mass is 9.85. The first-order chi connectivity index (χ1) is 9.00. The molecule has 0 aromatic carbocycles. The van der Waals surface area contributed by atoms with E-state index in [1.54, 1.807) is 6.92 Å². The van der Waals surface area contributed by atoms with Gasteiger partial charge in [-0.05, 0) is 26.2 Å². The number of unbranched alkanes of at least 4 members (excludes halogenated alkanes) is 3. The maximum atomic E-state index is 11.7. The average molecular weight is 270 g/mol. The number of carbonyl (C=O) groups excluding carboxylic acids is 1. The molecule has 2 amide bonds. The monoisotopic (exact) mass is 270 g/mol. The van der Waals surface area contributed by atoms with Crippen LogP contribution in [0.4, 0.5) is 4.79 Å². The number of carbonyl (C=O) groups is 2. The summed E-state index contributed by atoms with van der Waals surface area (Å²) in [6, 6.07) is -0.503. The van der Waals surface area contributed by atoms with Crippen LogP contribution in [0.1, 0.15) is 58.8 Å². The average Bonchev–Trinajstić information content (AvgIpc) is 2.72. The molecule has 5 nitrogen and oxygen atoms in total. The highest BCUT2D eigenvalue weighted by Gasteiger charge is 2.45. The Balaban J connectivity index is 2.30. The quantitative estimate of drug-likeness (QED) is 0.622. The molecule has 5 heteroatoms. The third kappa shape index (κ3) is 4.40. The molecular formula is C14H26N2O3. The highest BCUT2D eigenvalue weighted by atomic mass is 16.4. The Labute approximate surface area is 115 Å². The van der Waals surface area contributed by atoms with E-state index in [0.717, 1.165) is 25.7 Å². The van der Waals surface area contributed by atoms with E-state index in [-0.39, 0.29) is 12.1 Å². The van der Waals surface area contributed by atoms with Crippen LogP contribution in [0.3, 0.4) is 0 Å². The van der Waals surface area contributed by atoms with E-state index in [1.165, 1.54) is 12.8 Å². The summed E-state index contributed by atoms with van der Waals surface area (Å²) >= 11 is 0. The van der Waals surface area contributed by atoms with Gasteiger partial charge in [0.25, 0.3) is 0 Å². The largest absolute Gasteiger partial charge is 0.481 e. The molecular weight excluding hydrogens is 244 g/mol. The van der Waals surface area contributed by atoms with Crippen molar-refractivity contribution in [3.8, 4) is 0 Å². The van der Waals surface area contributed by atoms with Crippen LogP contribution < -0.4 is 10.6 Å². The molecule has 110 valence electrons. The van der Waals surface area contributed by atoms with E-state index >= 15 is 0 Å². The second-order valence-electron chi connectivity index (χ2n) is 5.63. The third-order valence-corrected chi connectivity index (χ3v) is 4.07. The topological polar surface area (TPSA) is 78.4 Å². The van der Waals surface area contributed by atoms with Crippen molar-refractivity contribution in [2.24, 2.45) is 5.41 Å². The SMILES string of the molecule is CCCCCCNC(=O)NC1CCCC1(C)C(=O)O. The molecule has 1 aliphatic rings. The molecule has 0 aromatic rings. The van der Waals surface area contributed by atoms with Gasteiger partial charge in [0.05, 0.1) is 5.41 Å². The lowest BCUT2D eigenvalue weighted by Gasteiger charge is -2.27. The molecule has 2 unspecified atom stereocenters. The van der Waals surface area contributed by atoms with Crippen molar-refractivity contribution in [1.82, 2.24) is 10.6 Å². The summed E-state index contributed by atoms with van der Waals surface area (Å²) in [5, 5.41) is 14.9. The summed E-state index contributed by atoms with van der Waals surface area (Å²) in [5.41, 5.74) is -0.820. The standard InChI is InChI=1S/C14H26N2O3/c1-3-4-5-6-10-15-13(19)16-11-8-7-9-14(11,2)12(17)18/h11H,3-10H2,1-2H3,(H,17,18)(H2,15,16,19). The molecule has 1 aliphatic carbocycles. The summed E-state index contributed by atoms with van der Waals surface area (Å²) in [6.07, 6.45) is 6.67. The van der Waals surface area contributed by atoms with Gasteiger partial charge in [-0.15, -0.1) is 0 Å². The van der Waals surface area contributed by atoms with Crippen LogP contribution >= 0.6 is 0 Å². The van der Waals surface area contributed by atoms with Gasteiger partial charge >= 0.3 is 12.0 Å². The number of aliphatic carboxylic acids is 1. The molecule has 0 spiro atoms. The first-order valence-electron chi connectivity index (χ1n) is 7.28. The van der Waals surface area contributed by atoms with Crippen LogP contribution in [0, 0.1) is 5.41 Å². The molecule has 2 atom stereocenters. The van der Waals surface area contributed by atoms with Crippen LogP contribution in [-0.2, 0) is 4.79 Å². The number of carboxylic acids is 1. The first kappa shape index (κ1) is 15.8. The summed E-state index contributed by atoms with van der Waals surface area (Å²) in [7, 11) is 0. The fraction of sp³-hybridized carbons (Fsp3) is 0.857. The van der Waals surface area contributed by atoms with Crippen molar-refractivity contribution >= 4 is 12.0 Å². The normalized spacial score (nSPS) is 26.1. The second-order valence-corrected chi connectivity index (χ2v) is 5.63. The van der Waals surface area contributed by atoms with E-state index in [1.807, 2.05) is 0 Å². The molecule has 0 radical (unpaired) electrons. The van der Waals surface area contributed by atoms with Crippen LogP contribution in [0.25, 0.3) is 0 Å².